The normalized spacial score (nSPS) is 20.5. The molecule has 0 amide bonds. The molecule has 9 aromatic carbocycles. The summed E-state index contributed by atoms with van der Waals surface area (Å²) in [4.78, 5) is 0. The van der Waals surface area contributed by atoms with E-state index in [9.17, 15) is 19.2 Å². The van der Waals surface area contributed by atoms with Gasteiger partial charge in [0.15, 0.2) is 0 Å². The van der Waals surface area contributed by atoms with E-state index < -0.39 is 316 Å². The van der Waals surface area contributed by atoms with Crippen LogP contribution in [-0.4, -0.2) is 13.7 Å². The predicted molar refractivity (Wildman–Crippen MR) is 240 cm³/mol. The largest absolute Gasteiger partial charge is 0.309 e. The lowest BCUT2D eigenvalue weighted by atomic mass is 10.0. The Labute approximate surface area is 378 Å². The van der Waals surface area contributed by atoms with Crippen LogP contribution in [0.2, 0.25) is 0 Å². The minimum atomic E-state index is -1.18. The summed E-state index contributed by atoms with van der Waals surface area (Å²) in [5.41, 5.74) is -10.5. The van der Waals surface area contributed by atoms with Crippen LogP contribution in [-0.2, 0) is 0 Å². The second kappa shape index (κ2) is 12.5. The molecule has 0 aliphatic carbocycles. The fraction of sp³-hybridized carbons (Fsp3) is 0. The van der Waals surface area contributed by atoms with Gasteiger partial charge in [-0.25, -0.2) is 0 Å². The maximum absolute atomic E-state index is 10.2. The highest BCUT2D eigenvalue weighted by Gasteiger charge is 2.18. The molecule has 0 N–H and O–H groups in total. The average Bonchev–Trinajstić information content (AvgIpc) is 1.51. The van der Waals surface area contributed by atoms with Crippen LogP contribution < -0.4 is 0 Å². The van der Waals surface area contributed by atoms with Crippen LogP contribution >= 0.6 is 0 Å². The van der Waals surface area contributed by atoms with E-state index in [1.165, 1.54) is 0 Å². The van der Waals surface area contributed by atoms with Crippen molar-refractivity contribution in [3.8, 4) is 39.3 Å². The molecular formula is C54H35N3. The van der Waals surface area contributed by atoms with Crippen LogP contribution in [0.25, 0.3) is 105 Å². The highest BCUT2D eigenvalue weighted by molar-refractivity contribution is 6.13. The predicted octanol–water partition coefficient (Wildman–Crippen LogP) is 14.3. The molecule has 3 heterocycles. The van der Waals surface area contributed by atoms with Gasteiger partial charge in [-0.15, -0.1) is 0 Å². The fourth-order valence-electron chi connectivity index (χ4n) is 6.80. The first kappa shape index (κ1) is 12.7. The quantitative estimate of drug-likeness (QED) is 0.166. The topological polar surface area (TPSA) is 14.8 Å². The highest BCUT2D eigenvalue weighted by Crippen LogP contribution is 2.39. The first-order valence-electron chi connectivity index (χ1n) is 34.3. The molecule has 57 heavy (non-hydrogen) atoms. The van der Waals surface area contributed by atoms with Crippen molar-refractivity contribution in [2.75, 3.05) is 0 Å². The Morgan fingerprint density at radius 1 is 0.228 bits per heavy atom. The lowest BCUT2D eigenvalue weighted by Crippen LogP contribution is -1.97. The van der Waals surface area contributed by atoms with E-state index in [0.29, 0.717) is 9.13 Å². The van der Waals surface area contributed by atoms with Crippen molar-refractivity contribution in [2.45, 2.75) is 0 Å². The molecule has 12 aromatic rings. The molecule has 0 aliphatic heterocycles. The lowest BCUT2D eigenvalue weighted by Gasteiger charge is -2.12. The smallest absolute Gasteiger partial charge is 0.0667 e. The van der Waals surface area contributed by atoms with Crippen LogP contribution in [0, 0.1) is 0 Å². The van der Waals surface area contributed by atoms with E-state index in [0.717, 1.165) is 4.57 Å². The van der Waals surface area contributed by atoms with Crippen molar-refractivity contribution in [3.05, 3.63) is 211 Å². The second-order valence-electron chi connectivity index (χ2n) is 12.3. The average molecular weight is 761 g/mol. The van der Waals surface area contributed by atoms with Crippen molar-refractivity contribution >= 4 is 65.4 Å². The summed E-state index contributed by atoms with van der Waals surface area (Å²) in [7, 11) is 0. The molecule has 0 saturated heterocycles. The lowest BCUT2D eigenvalue weighted by molar-refractivity contribution is 1.15. The zero-order valence-corrected chi connectivity index (χ0v) is 28.3. The fourth-order valence-corrected chi connectivity index (χ4v) is 6.80. The monoisotopic (exact) mass is 761 g/mol. The molecule has 0 aliphatic rings. The summed E-state index contributed by atoms with van der Waals surface area (Å²) in [5.74, 6) is 0. The molecule has 0 unspecified atom stereocenters. The molecular weight excluding hydrogens is 691 g/mol. The number of benzene rings is 9. The molecule has 12 rings (SSSR count). The Hall–Kier alpha value is -7.62. The van der Waals surface area contributed by atoms with Gasteiger partial charge >= 0.3 is 0 Å². The zero-order valence-electron chi connectivity index (χ0n) is 63.3. The van der Waals surface area contributed by atoms with Gasteiger partial charge in [-0.1, -0.05) is 145 Å². The third-order valence-corrected chi connectivity index (χ3v) is 9.23. The highest BCUT2D eigenvalue weighted by atomic mass is 15.0. The maximum atomic E-state index is 10.2. The van der Waals surface area contributed by atoms with Crippen molar-refractivity contribution in [2.24, 2.45) is 0 Å². The number of aromatic nitrogens is 3. The Kier molecular flexibility index (Phi) is 2.78. The minimum absolute atomic E-state index is 0.526. The molecule has 0 bridgehead atoms. The van der Waals surface area contributed by atoms with Crippen LogP contribution in [0.4, 0.5) is 0 Å². The Morgan fingerprint density at radius 2 is 0.561 bits per heavy atom. The van der Waals surface area contributed by atoms with Crippen LogP contribution in [0.5, 0.6) is 0 Å². The SMILES string of the molecule is [2H]c1c([2H])c([2H])c(-c2c([2H])c([2H])c(-c3c([2H])c([2H])c(-n4c5c([2H])c([2H])c([2H])c([2H])c5c5c([2H])c(-n6c7c([2H])c([2H])c([2H])c([2H])c7c7c([2H])c([2H])c(-n8c9c([2H])c([2H])c([2H])c([2H])c9c9c([2H])c([2H])c([2H])c([2H])c98)c([2H])c76)c([2H])c([2H])c54)c([2H])c3[2H])c([2H])c2[2H])c([2H])c1[2H]. The minimum Gasteiger partial charge on any atom is -0.309 e. The van der Waals surface area contributed by atoms with Crippen molar-refractivity contribution < 1.29 is 48.0 Å². The van der Waals surface area contributed by atoms with E-state index in [2.05, 4.69) is 0 Å². The third kappa shape index (κ3) is 4.86. The number of fused-ring (bicyclic) bond motifs is 9. The molecule has 0 fully saturated rings. The van der Waals surface area contributed by atoms with Gasteiger partial charge in [0.05, 0.1) is 81.1 Å². The summed E-state index contributed by atoms with van der Waals surface area (Å²) in [6.45, 7) is 0. The first-order valence-corrected chi connectivity index (χ1v) is 16.8. The number of hydrogen-bond acceptors (Lipinski definition) is 0. The summed E-state index contributed by atoms with van der Waals surface area (Å²) in [6.07, 6.45) is 0. The second-order valence-corrected chi connectivity index (χ2v) is 12.3. The van der Waals surface area contributed by atoms with Gasteiger partial charge in [0, 0.05) is 49.4 Å². The van der Waals surface area contributed by atoms with Crippen LogP contribution in [0.15, 0.2) is 211 Å². The summed E-state index contributed by atoms with van der Waals surface area (Å²) in [6, 6.07) is -34.7. The van der Waals surface area contributed by atoms with Gasteiger partial charge in [0.2, 0.25) is 0 Å². The third-order valence-electron chi connectivity index (χ3n) is 9.23. The summed E-state index contributed by atoms with van der Waals surface area (Å²) >= 11 is 0. The Morgan fingerprint density at radius 3 is 1.11 bits per heavy atom. The molecule has 266 valence electrons. The number of rotatable bonds is 5. The maximum Gasteiger partial charge on any atom is 0.0667 e. The summed E-state index contributed by atoms with van der Waals surface area (Å²) < 4.78 is 320. The molecule has 0 spiro atoms. The molecule has 3 aromatic heterocycles. The van der Waals surface area contributed by atoms with Crippen molar-refractivity contribution in [1.82, 2.24) is 13.7 Å². The van der Waals surface area contributed by atoms with E-state index in [-0.39, 0.29) is 0 Å². The van der Waals surface area contributed by atoms with Gasteiger partial charge < -0.3 is 13.7 Å². The molecule has 3 nitrogen and oxygen atoms in total. The van der Waals surface area contributed by atoms with E-state index in [4.69, 9.17) is 28.8 Å². The van der Waals surface area contributed by atoms with Gasteiger partial charge in [0.25, 0.3) is 0 Å². The van der Waals surface area contributed by atoms with Crippen molar-refractivity contribution in [3.63, 3.8) is 0 Å². The van der Waals surface area contributed by atoms with Gasteiger partial charge in [-0.2, -0.15) is 0 Å². The standard InChI is InChI=1S/C54H35N3/c1-2-12-36(13-3-1)37-22-24-38(25-23-37)39-26-28-40(29-27-39)55-52-21-11-7-17-46(52)48-34-41(31-33-53(48)55)57-51-20-10-6-16-45(51)47-32-30-42(35-54(47)57)56-49-18-8-4-14-43(49)44-15-5-9-19-50(44)56/h1-35H/i1D,2D,3D,4D,5D,6D,7D,8D,9D,10D,11D,12D,13D,14D,15D,16D,17D,18D,19D,20D,21D,22D,23D,24D,25D,26D,27D,28D,29D,30D,31D,32D,33D,34D,35D. The van der Waals surface area contributed by atoms with Crippen LogP contribution in [0.1, 0.15) is 48.0 Å². The van der Waals surface area contributed by atoms with Crippen molar-refractivity contribution in [1.29, 1.82) is 0 Å². The van der Waals surface area contributed by atoms with E-state index >= 15 is 0 Å². The van der Waals surface area contributed by atoms with Gasteiger partial charge in [-0.3, -0.25) is 0 Å². The van der Waals surface area contributed by atoms with Gasteiger partial charge in [0.1, 0.15) is 0 Å². The summed E-state index contributed by atoms with van der Waals surface area (Å²) in [5, 5.41) is -3.83. The zero-order chi connectivity index (χ0) is 67.9. The first-order chi connectivity index (χ1) is 42.9. The molecule has 0 radical (unpaired) electrons. The number of para-hydroxylation sites is 4. The van der Waals surface area contributed by atoms with E-state index in [1.54, 1.807) is 0 Å². The Bertz CT molecular complexity index is 5420. The Balaban J connectivity index is 1.24. The molecule has 3 heteroatoms. The molecule has 0 saturated carbocycles. The number of nitrogens with zero attached hydrogens (tertiary/aromatic N) is 3. The van der Waals surface area contributed by atoms with Crippen LogP contribution in [0.3, 0.4) is 0 Å². The molecule has 0 atom stereocenters. The number of hydrogen-bond donors (Lipinski definition) is 0. The van der Waals surface area contributed by atoms with Gasteiger partial charge in [-0.05, 0) is 88.7 Å². The van der Waals surface area contributed by atoms with E-state index in [1.807, 2.05) is 0 Å².